The molecular formula is CH4O3Si. The van der Waals surface area contributed by atoms with Crippen LogP contribution >= 0.6 is 0 Å². The van der Waals surface area contributed by atoms with Gasteiger partial charge in [-0.15, -0.1) is 0 Å². The molecule has 0 rings (SSSR count). The number of carbonyl (C=O) groups is 1. The van der Waals surface area contributed by atoms with Gasteiger partial charge in [0.15, 0.2) is 0 Å². The summed E-state index contributed by atoms with van der Waals surface area (Å²) in [5, 5.41) is 13.9. The van der Waals surface area contributed by atoms with Crippen molar-refractivity contribution < 1.29 is 16.4 Å². The maximum Gasteiger partial charge on any atom is 0.503 e. The van der Waals surface area contributed by atoms with Crippen molar-refractivity contribution in [3.05, 3.63) is 0 Å². The molecule has 0 aliphatic heterocycles. The fraction of sp³-hybridized carbons (Fsp3) is 0. The van der Waals surface area contributed by atoms with Crippen LogP contribution in [0.4, 0.5) is 4.79 Å². The maximum absolute atomic E-state index is 8.56. The molecule has 0 aromatic carbocycles. The Labute approximate surface area is 34.7 Å². The lowest BCUT2D eigenvalue weighted by Gasteiger charge is -1.60. The molecule has 0 aliphatic rings. The summed E-state index contributed by atoms with van der Waals surface area (Å²) >= 11 is 0. The van der Waals surface area contributed by atoms with Gasteiger partial charge in [0.1, 0.15) is 0 Å². The van der Waals surface area contributed by atoms with Gasteiger partial charge < -0.3 is 10.2 Å². The molecule has 0 saturated heterocycles. The summed E-state index contributed by atoms with van der Waals surface area (Å²) in [6.07, 6.45) is -1.83. The number of rotatable bonds is 0. The smallest absolute Gasteiger partial charge is 0.450 e. The molecule has 0 aromatic rings. The predicted molar refractivity (Wildman–Crippen MR) is 18.5 cm³/mol. The van der Waals surface area contributed by atoms with Gasteiger partial charge in [-0.3, -0.25) is 0 Å². The minimum atomic E-state index is -1.83. The van der Waals surface area contributed by atoms with Crippen molar-refractivity contribution in [1.82, 2.24) is 0 Å². The second-order valence-corrected chi connectivity index (χ2v) is 0.283. The molecule has 0 spiro atoms. The second kappa shape index (κ2) is 3.49. The van der Waals surface area contributed by atoms with Crippen LogP contribution in [0, 0.1) is 0 Å². The van der Waals surface area contributed by atoms with Crippen molar-refractivity contribution >= 4 is 17.1 Å². The first kappa shape index (κ1) is 8.82. The molecule has 0 aliphatic carbocycles. The van der Waals surface area contributed by atoms with Crippen molar-refractivity contribution in [2.24, 2.45) is 0 Å². The molecule has 0 unspecified atom stereocenters. The first-order chi connectivity index (χ1) is 1.73. The van der Waals surface area contributed by atoms with Crippen LogP contribution in [0.5, 0.6) is 0 Å². The van der Waals surface area contributed by atoms with Gasteiger partial charge in [-0.05, 0) is 0 Å². The molecule has 3 nitrogen and oxygen atoms in total. The minimum absolute atomic E-state index is 0. The lowest BCUT2D eigenvalue weighted by atomic mass is 11.5. The Hall–Kier alpha value is -0.513. The lowest BCUT2D eigenvalue weighted by Crippen LogP contribution is -1.81. The van der Waals surface area contributed by atoms with Gasteiger partial charge in [-0.1, -0.05) is 0 Å². The third-order valence-electron chi connectivity index (χ3n) is 0. The van der Waals surface area contributed by atoms with Gasteiger partial charge in [-0.25, -0.2) is 4.79 Å². The molecule has 0 aromatic heterocycles. The molecule has 2 N–H and O–H groups in total. The Kier molecular flexibility index (Phi) is 6.15. The van der Waals surface area contributed by atoms with Gasteiger partial charge in [0.2, 0.25) is 0 Å². The van der Waals surface area contributed by atoms with E-state index in [1.807, 2.05) is 0 Å². The SMILES string of the molecule is O=C(O)O.[HH].[Si]. The predicted octanol–water partition coefficient (Wildman–Crippen LogP) is 0.0876. The Bertz CT molecular complexity index is 33.8. The molecule has 0 fully saturated rings. The maximum atomic E-state index is 8.56. The fourth-order valence-corrected chi connectivity index (χ4v) is 0. The zero-order valence-electron chi connectivity index (χ0n) is 2.30. The lowest BCUT2D eigenvalue weighted by molar-refractivity contribution is 0.137. The molecule has 0 bridgehead atoms. The highest BCUT2D eigenvalue weighted by Crippen LogP contribution is 1.42. The van der Waals surface area contributed by atoms with E-state index in [0.29, 0.717) is 0 Å². The zero-order valence-corrected chi connectivity index (χ0v) is 3.30. The first-order valence-electron chi connectivity index (χ1n) is 0.651. The summed E-state index contributed by atoms with van der Waals surface area (Å²) in [5.41, 5.74) is 0. The molecule has 0 heterocycles. The van der Waals surface area contributed by atoms with Gasteiger partial charge >= 0.3 is 6.16 Å². The Morgan fingerprint density at radius 1 is 1.60 bits per heavy atom. The average Bonchev–Trinajstić information content (AvgIpc) is 0.811. The summed E-state index contributed by atoms with van der Waals surface area (Å²) in [4.78, 5) is 8.56. The minimum Gasteiger partial charge on any atom is -0.450 e. The van der Waals surface area contributed by atoms with Gasteiger partial charge in [0.05, 0.1) is 0 Å². The van der Waals surface area contributed by atoms with Crippen LogP contribution in [0.2, 0.25) is 0 Å². The Morgan fingerprint density at radius 3 is 1.60 bits per heavy atom. The van der Waals surface area contributed by atoms with E-state index in [2.05, 4.69) is 0 Å². The fourth-order valence-electron chi connectivity index (χ4n) is 0. The van der Waals surface area contributed by atoms with E-state index in [1.165, 1.54) is 0 Å². The van der Waals surface area contributed by atoms with E-state index < -0.39 is 6.16 Å². The zero-order chi connectivity index (χ0) is 3.58. The van der Waals surface area contributed by atoms with E-state index in [9.17, 15) is 0 Å². The quantitative estimate of drug-likeness (QED) is 0.416. The Balaban J connectivity index is -0.0000000450. The van der Waals surface area contributed by atoms with Crippen molar-refractivity contribution in [1.29, 1.82) is 0 Å². The molecule has 0 atom stereocenters. The van der Waals surface area contributed by atoms with Gasteiger partial charge in [-0.2, -0.15) is 0 Å². The second-order valence-electron chi connectivity index (χ2n) is 0.283. The third kappa shape index (κ3) is 29.3. The van der Waals surface area contributed by atoms with E-state index in [-0.39, 0.29) is 12.4 Å². The van der Waals surface area contributed by atoms with Crippen LogP contribution in [-0.4, -0.2) is 27.3 Å². The summed E-state index contributed by atoms with van der Waals surface area (Å²) in [6, 6.07) is 0. The Morgan fingerprint density at radius 2 is 1.60 bits per heavy atom. The molecular weight excluding hydrogens is 88.1 g/mol. The monoisotopic (exact) mass is 92.0 g/mol. The number of hydrogen-bond donors (Lipinski definition) is 2. The highest BCUT2D eigenvalue weighted by atomic mass is 28.1. The summed E-state index contributed by atoms with van der Waals surface area (Å²) in [6.45, 7) is 0. The van der Waals surface area contributed by atoms with Gasteiger partial charge in [0.25, 0.3) is 0 Å². The van der Waals surface area contributed by atoms with Gasteiger partial charge in [0, 0.05) is 12.4 Å². The van der Waals surface area contributed by atoms with E-state index in [4.69, 9.17) is 15.0 Å². The van der Waals surface area contributed by atoms with E-state index >= 15 is 0 Å². The van der Waals surface area contributed by atoms with Crippen molar-refractivity contribution in [2.45, 2.75) is 0 Å². The van der Waals surface area contributed by atoms with Crippen LogP contribution < -0.4 is 0 Å². The molecule has 30 valence electrons. The number of hydrogen-bond acceptors (Lipinski definition) is 1. The standard InChI is InChI=1S/CH2O3.Si.H2/c2-1(3)4;;/h(H2,2,3,4);;1H. The van der Waals surface area contributed by atoms with Crippen LogP contribution in [0.15, 0.2) is 0 Å². The van der Waals surface area contributed by atoms with E-state index in [1.54, 1.807) is 0 Å². The highest BCUT2D eigenvalue weighted by molar-refractivity contribution is 5.75. The van der Waals surface area contributed by atoms with Crippen LogP contribution in [0.25, 0.3) is 0 Å². The van der Waals surface area contributed by atoms with Crippen LogP contribution in [0.1, 0.15) is 1.43 Å². The topological polar surface area (TPSA) is 57.5 Å². The van der Waals surface area contributed by atoms with Crippen molar-refractivity contribution in [3.8, 4) is 0 Å². The highest BCUT2D eigenvalue weighted by Gasteiger charge is 1.70. The van der Waals surface area contributed by atoms with E-state index in [0.717, 1.165) is 0 Å². The van der Waals surface area contributed by atoms with Crippen LogP contribution in [-0.2, 0) is 0 Å². The summed E-state index contributed by atoms with van der Waals surface area (Å²) < 4.78 is 0. The molecule has 5 heavy (non-hydrogen) atoms. The largest absolute Gasteiger partial charge is 0.503 e. The normalized spacial score (nSPS) is 4.80. The first-order valence-corrected chi connectivity index (χ1v) is 0.651. The molecule has 0 saturated carbocycles. The summed E-state index contributed by atoms with van der Waals surface area (Å²) in [7, 11) is 0. The average molecular weight is 92.1 g/mol. The number of carboxylic acid groups (broad SMARTS) is 2. The van der Waals surface area contributed by atoms with Crippen LogP contribution in [0.3, 0.4) is 0 Å². The van der Waals surface area contributed by atoms with Crippen molar-refractivity contribution in [2.75, 3.05) is 0 Å². The van der Waals surface area contributed by atoms with Crippen molar-refractivity contribution in [3.63, 3.8) is 0 Å². The summed E-state index contributed by atoms with van der Waals surface area (Å²) in [5.74, 6) is 0. The molecule has 4 heteroatoms. The third-order valence-corrected chi connectivity index (χ3v) is 0. The molecule has 0 amide bonds. The molecule has 4 radical (unpaired) electrons.